The van der Waals surface area contributed by atoms with Crippen LogP contribution in [0.5, 0.6) is 0 Å². The van der Waals surface area contributed by atoms with E-state index in [1.54, 1.807) is 4.90 Å². The summed E-state index contributed by atoms with van der Waals surface area (Å²) in [5.41, 5.74) is 0.840. The summed E-state index contributed by atoms with van der Waals surface area (Å²) < 4.78 is 0.929. The number of piperidine rings is 1. The number of carbonyl (C=O) groups excluding carboxylic acids is 2. The van der Waals surface area contributed by atoms with Gasteiger partial charge in [0.25, 0.3) is 0 Å². The monoisotopic (exact) mass is 415 g/mol. The number of nitrogens with one attached hydrogen (secondary N) is 2. The summed E-state index contributed by atoms with van der Waals surface area (Å²) in [6, 6.07) is 7.74. The lowest BCUT2D eigenvalue weighted by atomic mass is 9.94. The third-order valence-corrected chi connectivity index (χ3v) is 5.29. The van der Waals surface area contributed by atoms with Crippen molar-refractivity contribution in [1.82, 2.24) is 10.6 Å². The fourth-order valence-electron chi connectivity index (χ4n) is 3.29. The first-order valence-corrected chi connectivity index (χ1v) is 8.93. The number of benzene rings is 1. The first-order chi connectivity index (χ1) is 11.1. The Bertz CT molecular complexity index is 613. The van der Waals surface area contributed by atoms with E-state index in [1.807, 2.05) is 24.3 Å². The molecule has 2 aliphatic rings. The number of carbonyl (C=O) groups is 2. The summed E-state index contributed by atoms with van der Waals surface area (Å²) >= 11 is 3.42. The average Bonchev–Trinajstić information content (AvgIpc) is 2.91. The van der Waals surface area contributed by atoms with Crippen LogP contribution in [0.4, 0.5) is 5.69 Å². The highest BCUT2D eigenvalue weighted by Crippen LogP contribution is 2.27. The van der Waals surface area contributed by atoms with E-state index < -0.39 is 5.92 Å². The molecule has 1 aromatic carbocycles. The fraction of sp³-hybridized carbons (Fsp3) is 0.529. The molecule has 3 unspecified atom stereocenters. The van der Waals surface area contributed by atoms with E-state index in [0.29, 0.717) is 18.9 Å². The van der Waals surface area contributed by atoms with Gasteiger partial charge in [-0.25, -0.2) is 0 Å². The van der Waals surface area contributed by atoms with Gasteiger partial charge in [-0.2, -0.15) is 0 Å². The van der Waals surface area contributed by atoms with Gasteiger partial charge in [-0.05, 0) is 43.5 Å². The highest BCUT2D eigenvalue weighted by Gasteiger charge is 2.38. The number of anilines is 1. The third-order valence-electron chi connectivity index (χ3n) is 4.80. The molecule has 2 saturated heterocycles. The molecule has 0 bridgehead atoms. The van der Waals surface area contributed by atoms with Gasteiger partial charge in [-0.15, -0.1) is 12.4 Å². The number of hydrogen-bond donors (Lipinski definition) is 2. The Kier molecular flexibility index (Phi) is 6.66. The van der Waals surface area contributed by atoms with Crippen molar-refractivity contribution in [2.45, 2.75) is 25.8 Å². The molecule has 2 heterocycles. The topological polar surface area (TPSA) is 61.4 Å². The zero-order chi connectivity index (χ0) is 16.4. The van der Waals surface area contributed by atoms with Crippen molar-refractivity contribution < 1.29 is 9.59 Å². The number of nitrogens with zero attached hydrogens (tertiary/aromatic N) is 1. The average molecular weight is 417 g/mol. The fourth-order valence-corrected chi connectivity index (χ4v) is 3.68. The Hall–Kier alpha value is -1.11. The molecule has 0 radical (unpaired) electrons. The predicted molar refractivity (Wildman–Crippen MR) is 100 cm³/mol. The van der Waals surface area contributed by atoms with E-state index in [0.717, 1.165) is 29.7 Å². The molecule has 24 heavy (non-hydrogen) atoms. The standard InChI is InChI=1S/C17H22BrN3O2.ClH/c1-11-5-7-19-10-15(11)20-16(22)14-6-8-21(17(14)23)13-4-2-3-12(18)9-13;/h2-4,9,11,14-15,19H,5-8,10H2,1H3,(H,20,22);1H. The number of rotatable bonds is 3. The smallest absolute Gasteiger partial charge is 0.239 e. The molecule has 0 saturated carbocycles. The molecule has 2 amide bonds. The van der Waals surface area contributed by atoms with Gasteiger partial charge < -0.3 is 15.5 Å². The van der Waals surface area contributed by atoms with Gasteiger partial charge in [0.15, 0.2) is 0 Å². The maximum absolute atomic E-state index is 12.6. The van der Waals surface area contributed by atoms with E-state index in [1.165, 1.54) is 0 Å². The second-order valence-corrected chi connectivity index (χ2v) is 7.31. The molecule has 3 rings (SSSR count). The second kappa shape index (κ2) is 8.32. The minimum atomic E-state index is -0.567. The van der Waals surface area contributed by atoms with E-state index >= 15 is 0 Å². The van der Waals surface area contributed by atoms with Crippen LogP contribution in [0.15, 0.2) is 28.7 Å². The highest BCUT2D eigenvalue weighted by atomic mass is 79.9. The van der Waals surface area contributed by atoms with Crippen LogP contribution in [0.1, 0.15) is 19.8 Å². The normalized spacial score (nSPS) is 26.8. The summed E-state index contributed by atoms with van der Waals surface area (Å²) in [5, 5.41) is 6.36. The third kappa shape index (κ3) is 4.10. The van der Waals surface area contributed by atoms with Crippen molar-refractivity contribution in [1.29, 1.82) is 0 Å². The van der Waals surface area contributed by atoms with Crippen LogP contribution in [-0.2, 0) is 9.59 Å². The van der Waals surface area contributed by atoms with Crippen molar-refractivity contribution in [2.24, 2.45) is 11.8 Å². The van der Waals surface area contributed by atoms with Gasteiger partial charge in [0.1, 0.15) is 5.92 Å². The Labute approximate surface area is 157 Å². The minimum absolute atomic E-state index is 0. The SMILES string of the molecule is CC1CCNCC1NC(=O)C1CCN(c2cccc(Br)c2)C1=O.Cl. The molecule has 3 atom stereocenters. The molecule has 0 spiro atoms. The van der Waals surface area contributed by atoms with Crippen molar-refractivity contribution in [3.05, 3.63) is 28.7 Å². The van der Waals surface area contributed by atoms with Gasteiger partial charge >= 0.3 is 0 Å². The molecule has 0 aliphatic carbocycles. The van der Waals surface area contributed by atoms with E-state index in [2.05, 4.69) is 33.5 Å². The Morgan fingerprint density at radius 1 is 1.38 bits per heavy atom. The van der Waals surface area contributed by atoms with Crippen molar-refractivity contribution >= 4 is 45.8 Å². The Morgan fingerprint density at radius 2 is 2.17 bits per heavy atom. The lowest BCUT2D eigenvalue weighted by molar-refractivity contribution is -0.132. The van der Waals surface area contributed by atoms with Crippen LogP contribution >= 0.6 is 28.3 Å². The minimum Gasteiger partial charge on any atom is -0.351 e. The van der Waals surface area contributed by atoms with Crippen LogP contribution in [0.25, 0.3) is 0 Å². The van der Waals surface area contributed by atoms with Crippen LogP contribution in [-0.4, -0.2) is 37.5 Å². The first-order valence-electron chi connectivity index (χ1n) is 8.14. The maximum atomic E-state index is 12.6. The molecule has 2 fully saturated rings. The summed E-state index contributed by atoms with van der Waals surface area (Å²) in [5.74, 6) is -0.355. The molecule has 132 valence electrons. The Balaban J connectivity index is 0.00000208. The summed E-state index contributed by atoms with van der Waals surface area (Å²) in [6.07, 6.45) is 1.62. The quantitative estimate of drug-likeness (QED) is 0.744. The van der Waals surface area contributed by atoms with E-state index in [-0.39, 0.29) is 30.3 Å². The lowest BCUT2D eigenvalue weighted by Crippen LogP contribution is -2.52. The molecule has 1 aromatic rings. The largest absolute Gasteiger partial charge is 0.351 e. The first kappa shape index (κ1) is 19.2. The van der Waals surface area contributed by atoms with E-state index in [9.17, 15) is 9.59 Å². The van der Waals surface area contributed by atoms with Gasteiger partial charge in [-0.1, -0.05) is 28.9 Å². The lowest BCUT2D eigenvalue weighted by Gasteiger charge is -2.30. The molecular formula is C17H23BrClN3O2. The zero-order valence-corrected chi connectivity index (χ0v) is 16.0. The number of amides is 2. The molecule has 0 aromatic heterocycles. The zero-order valence-electron chi connectivity index (χ0n) is 13.6. The van der Waals surface area contributed by atoms with Gasteiger partial charge in [0, 0.05) is 29.3 Å². The number of hydrogen-bond acceptors (Lipinski definition) is 3. The van der Waals surface area contributed by atoms with Gasteiger partial charge in [-0.3, -0.25) is 9.59 Å². The van der Waals surface area contributed by atoms with Gasteiger partial charge in [0.05, 0.1) is 0 Å². The second-order valence-electron chi connectivity index (χ2n) is 6.40. The molecule has 2 aliphatic heterocycles. The molecule has 5 nitrogen and oxygen atoms in total. The van der Waals surface area contributed by atoms with Crippen LogP contribution in [0.2, 0.25) is 0 Å². The molecule has 2 N–H and O–H groups in total. The summed E-state index contributed by atoms with van der Waals surface area (Å²) in [4.78, 5) is 26.8. The van der Waals surface area contributed by atoms with Crippen LogP contribution < -0.4 is 15.5 Å². The Morgan fingerprint density at radius 3 is 2.88 bits per heavy atom. The molecule has 7 heteroatoms. The summed E-state index contributed by atoms with van der Waals surface area (Å²) in [6.45, 7) is 4.51. The van der Waals surface area contributed by atoms with Crippen LogP contribution in [0, 0.1) is 11.8 Å². The van der Waals surface area contributed by atoms with E-state index in [4.69, 9.17) is 0 Å². The van der Waals surface area contributed by atoms with Crippen molar-refractivity contribution in [2.75, 3.05) is 24.5 Å². The highest BCUT2D eigenvalue weighted by molar-refractivity contribution is 9.10. The van der Waals surface area contributed by atoms with Crippen molar-refractivity contribution in [3.63, 3.8) is 0 Å². The van der Waals surface area contributed by atoms with Crippen LogP contribution in [0.3, 0.4) is 0 Å². The van der Waals surface area contributed by atoms with Gasteiger partial charge in [0.2, 0.25) is 11.8 Å². The van der Waals surface area contributed by atoms with Crippen molar-refractivity contribution in [3.8, 4) is 0 Å². The number of halogens is 2. The molecular weight excluding hydrogens is 394 g/mol. The maximum Gasteiger partial charge on any atom is 0.239 e. The summed E-state index contributed by atoms with van der Waals surface area (Å²) in [7, 11) is 0. The predicted octanol–water partition coefficient (Wildman–Crippen LogP) is 2.34.